The van der Waals surface area contributed by atoms with E-state index < -0.39 is 0 Å². The Morgan fingerprint density at radius 2 is 1.79 bits per heavy atom. The van der Waals surface area contributed by atoms with E-state index in [0.717, 1.165) is 0 Å². The summed E-state index contributed by atoms with van der Waals surface area (Å²) in [7, 11) is 4.08. The fraction of sp³-hybridized carbons (Fsp3) is 0.500. The lowest BCUT2D eigenvalue weighted by Crippen LogP contribution is -2.32. The van der Waals surface area contributed by atoms with Gasteiger partial charge in [0.1, 0.15) is 0 Å². The first-order valence-corrected chi connectivity index (χ1v) is 4.99. The summed E-state index contributed by atoms with van der Waals surface area (Å²) in [4.78, 5) is 2.13. The molecule has 0 amide bonds. The zero-order chi connectivity index (χ0) is 10.6. The largest absolute Gasteiger partial charge is 0.396 e. The second-order valence-corrected chi connectivity index (χ2v) is 3.90. The standard InChI is InChI=1S/C12H19NO/c1-10(13(2)3)12(9-14)11-7-5-4-6-8-11/h4-8,10,12,14H,9H2,1-3H3. The first-order valence-electron chi connectivity index (χ1n) is 4.99. The fourth-order valence-electron chi connectivity index (χ4n) is 1.60. The summed E-state index contributed by atoms with van der Waals surface area (Å²) in [5, 5.41) is 9.37. The molecule has 1 rings (SSSR count). The van der Waals surface area contributed by atoms with Crippen molar-refractivity contribution in [1.82, 2.24) is 4.90 Å². The highest BCUT2D eigenvalue weighted by Gasteiger charge is 2.19. The molecule has 2 unspecified atom stereocenters. The van der Waals surface area contributed by atoms with Crippen LogP contribution in [0.4, 0.5) is 0 Å². The SMILES string of the molecule is CC(C(CO)c1ccccc1)N(C)C. The van der Waals surface area contributed by atoms with Gasteiger partial charge >= 0.3 is 0 Å². The van der Waals surface area contributed by atoms with Gasteiger partial charge in [-0.1, -0.05) is 30.3 Å². The minimum absolute atomic E-state index is 0.198. The summed E-state index contributed by atoms with van der Waals surface area (Å²) in [6, 6.07) is 10.5. The van der Waals surface area contributed by atoms with Gasteiger partial charge in [-0.2, -0.15) is 0 Å². The van der Waals surface area contributed by atoms with Crippen LogP contribution in [-0.2, 0) is 0 Å². The Bertz CT molecular complexity index is 258. The van der Waals surface area contributed by atoms with E-state index in [-0.39, 0.29) is 12.5 Å². The van der Waals surface area contributed by atoms with Crippen molar-refractivity contribution >= 4 is 0 Å². The molecule has 0 heterocycles. The Kier molecular flexibility index (Phi) is 4.11. The van der Waals surface area contributed by atoms with Gasteiger partial charge in [-0.15, -0.1) is 0 Å². The summed E-state index contributed by atoms with van der Waals surface area (Å²) in [6.07, 6.45) is 0. The molecule has 0 aliphatic carbocycles. The molecule has 0 aliphatic rings. The molecule has 0 saturated heterocycles. The molecule has 78 valence electrons. The average molecular weight is 193 g/mol. The Labute approximate surface area is 86.2 Å². The zero-order valence-corrected chi connectivity index (χ0v) is 9.14. The van der Waals surface area contributed by atoms with Gasteiger partial charge in [0.25, 0.3) is 0 Å². The predicted octanol–water partition coefficient (Wildman–Crippen LogP) is 1.71. The Morgan fingerprint density at radius 3 is 2.21 bits per heavy atom. The lowest BCUT2D eigenvalue weighted by atomic mass is 9.93. The highest BCUT2D eigenvalue weighted by Crippen LogP contribution is 2.21. The molecule has 1 N–H and O–H groups in total. The number of benzene rings is 1. The van der Waals surface area contributed by atoms with Crippen LogP contribution >= 0.6 is 0 Å². The van der Waals surface area contributed by atoms with Crippen LogP contribution in [0.15, 0.2) is 30.3 Å². The molecule has 0 aromatic heterocycles. The number of likely N-dealkylation sites (N-methyl/N-ethyl adjacent to an activating group) is 1. The van der Waals surface area contributed by atoms with Crippen LogP contribution in [0.3, 0.4) is 0 Å². The average Bonchev–Trinajstić information content (AvgIpc) is 2.20. The highest BCUT2D eigenvalue weighted by molar-refractivity contribution is 5.21. The molecule has 14 heavy (non-hydrogen) atoms. The lowest BCUT2D eigenvalue weighted by molar-refractivity contribution is 0.189. The van der Waals surface area contributed by atoms with E-state index in [1.807, 2.05) is 32.3 Å². The molecular weight excluding hydrogens is 174 g/mol. The topological polar surface area (TPSA) is 23.5 Å². The molecule has 0 spiro atoms. The third-order valence-corrected chi connectivity index (χ3v) is 2.82. The first kappa shape index (κ1) is 11.2. The number of aliphatic hydroxyl groups is 1. The van der Waals surface area contributed by atoms with Crippen molar-refractivity contribution in [3.8, 4) is 0 Å². The van der Waals surface area contributed by atoms with Crippen LogP contribution in [0.5, 0.6) is 0 Å². The number of hydrogen-bond acceptors (Lipinski definition) is 2. The fourth-order valence-corrected chi connectivity index (χ4v) is 1.60. The summed E-state index contributed by atoms with van der Waals surface area (Å²) < 4.78 is 0. The first-order chi connectivity index (χ1) is 6.66. The molecule has 0 aliphatic heterocycles. The Hall–Kier alpha value is -0.860. The van der Waals surface area contributed by atoms with Crippen molar-refractivity contribution in [2.75, 3.05) is 20.7 Å². The van der Waals surface area contributed by atoms with Gasteiger partial charge in [0.2, 0.25) is 0 Å². The second-order valence-electron chi connectivity index (χ2n) is 3.90. The Morgan fingerprint density at radius 1 is 1.21 bits per heavy atom. The third kappa shape index (κ3) is 2.56. The predicted molar refractivity (Wildman–Crippen MR) is 59.4 cm³/mol. The molecule has 0 bridgehead atoms. The second kappa shape index (κ2) is 5.13. The summed E-state index contributed by atoms with van der Waals surface area (Å²) in [6.45, 7) is 2.33. The van der Waals surface area contributed by atoms with Crippen LogP contribution in [0.1, 0.15) is 18.4 Å². The van der Waals surface area contributed by atoms with Crippen LogP contribution in [-0.4, -0.2) is 36.8 Å². The highest BCUT2D eigenvalue weighted by atomic mass is 16.3. The van der Waals surface area contributed by atoms with Gasteiger partial charge in [-0.25, -0.2) is 0 Å². The van der Waals surface area contributed by atoms with Crippen molar-refractivity contribution in [2.24, 2.45) is 0 Å². The van der Waals surface area contributed by atoms with Crippen molar-refractivity contribution in [1.29, 1.82) is 0 Å². The van der Waals surface area contributed by atoms with Crippen LogP contribution in [0.2, 0.25) is 0 Å². The van der Waals surface area contributed by atoms with Crippen molar-refractivity contribution in [2.45, 2.75) is 18.9 Å². The van der Waals surface area contributed by atoms with Crippen molar-refractivity contribution in [3.63, 3.8) is 0 Å². The van der Waals surface area contributed by atoms with Gasteiger partial charge in [-0.3, -0.25) is 0 Å². The molecule has 2 heteroatoms. The molecule has 0 fully saturated rings. The number of nitrogens with zero attached hydrogens (tertiary/aromatic N) is 1. The molecule has 2 nitrogen and oxygen atoms in total. The van der Waals surface area contributed by atoms with Crippen LogP contribution in [0, 0.1) is 0 Å². The van der Waals surface area contributed by atoms with E-state index in [9.17, 15) is 5.11 Å². The van der Waals surface area contributed by atoms with E-state index in [2.05, 4.69) is 24.0 Å². The maximum Gasteiger partial charge on any atom is 0.0514 e. The van der Waals surface area contributed by atoms with Gasteiger partial charge in [0.05, 0.1) is 6.61 Å². The minimum Gasteiger partial charge on any atom is -0.396 e. The van der Waals surface area contributed by atoms with E-state index >= 15 is 0 Å². The number of hydrogen-bond donors (Lipinski definition) is 1. The smallest absolute Gasteiger partial charge is 0.0514 e. The molecule has 2 atom stereocenters. The van der Waals surface area contributed by atoms with E-state index in [0.29, 0.717) is 6.04 Å². The maximum atomic E-state index is 9.37. The van der Waals surface area contributed by atoms with Crippen LogP contribution < -0.4 is 0 Å². The molecule has 0 radical (unpaired) electrons. The summed E-state index contributed by atoms with van der Waals surface area (Å²) in [5.41, 5.74) is 1.20. The molecule has 1 aromatic carbocycles. The van der Waals surface area contributed by atoms with Gasteiger partial charge < -0.3 is 10.0 Å². The molecule has 0 saturated carbocycles. The van der Waals surface area contributed by atoms with E-state index in [1.165, 1.54) is 5.56 Å². The Balaban J connectivity index is 2.82. The van der Waals surface area contributed by atoms with Crippen molar-refractivity contribution < 1.29 is 5.11 Å². The monoisotopic (exact) mass is 193 g/mol. The quantitative estimate of drug-likeness (QED) is 0.787. The van der Waals surface area contributed by atoms with Crippen molar-refractivity contribution in [3.05, 3.63) is 35.9 Å². The van der Waals surface area contributed by atoms with Gasteiger partial charge in [-0.05, 0) is 26.6 Å². The summed E-state index contributed by atoms with van der Waals surface area (Å²) in [5.74, 6) is 0.200. The zero-order valence-electron chi connectivity index (χ0n) is 9.14. The van der Waals surface area contributed by atoms with E-state index in [4.69, 9.17) is 0 Å². The van der Waals surface area contributed by atoms with Crippen LogP contribution in [0.25, 0.3) is 0 Å². The molecular formula is C12H19NO. The normalized spacial score (nSPS) is 15.5. The van der Waals surface area contributed by atoms with Gasteiger partial charge in [0.15, 0.2) is 0 Å². The minimum atomic E-state index is 0.198. The maximum absolute atomic E-state index is 9.37. The molecule has 1 aromatic rings. The number of rotatable bonds is 4. The lowest BCUT2D eigenvalue weighted by Gasteiger charge is -2.28. The number of aliphatic hydroxyl groups excluding tert-OH is 1. The third-order valence-electron chi connectivity index (χ3n) is 2.82. The summed E-state index contributed by atoms with van der Waals surface area (Å²) >= 11 is 0. The van der Waals surface area contributed by atoms with E-state index in [1.54, 1.807) is 0 Å². The van der Waals surface area contributed by atoms with Gasteiger partial charge in [0, 0.05) is 12.0 Å².